The quantitative estimate of drug-likeness (QED) is 0.892. The molecule has 2 aromatic heterocycles. The summed E-state index contributed by atoms with van der Waals surface area (Å²) in [5.74, 6) is 0. The molecule has 4 nitrogen and oxygen atoms in total. The minimum absolute atomic E-state index is 0.426. The summed E-state index contributed by atoms with van der Waals surface area (Å²) in [6.07, 6.45) is 4.77. The van der Waals surface area contributed by atoms with E-state index in [1.54, 1.807) is 0 Å². The van der Waals surface area contributed by atoms with Crippen LogP contribution in [0.4, 0.5) is 0 Å². The molecule has 5 heteroatoms. The molecule has 0 bridgehead atoms. The van der Waals surface area contributed by atoms with Crippen LogP contribution in [0.3, 0.4) is 0 Å². The van der Waals surface area contributed by atoms with E-state index in [2.05, 4.69) is 35.0 Å². The van der Waals surface area contributed by atoms with Gasteiger partial charge >= 0.3 is 0 Å². The summed E-state index contributed by atoms with van der Waals surface area (Å²) in [4.78, 5) is 6.28. The lowest BCUT2D eigenvalue weighted by molar-refractivity contribution is 0.447. The Labute approximate surface area is 130 Å². The summed E-state index contributed by atoms with van der Waals surface area (Å²) in [6, 6.07) is 2.55. The smallest absolute Gasteiger partial charge is 0.0943 e. The summed E-state index contributed by atoms with van der Waals surface area (Å²) in [7, 11) is 0. The van der Waals surface area contributed by atoms with Crippen molar-refractivity contribution in [1.29, 1.82) is 0 Å². The highest BCUT2D eigenvalue weighted by molar-refractivity contribution is 7.11. The topological polar surface area (TPSA) is 42.7 Å². The number of fused-ring (bicyclic) bond motifs is 1. The van der Waals surface area contributed by atoms with E-state index in [0.717, 1.165) is 25.2 Å². The van der Waals surface area contributed by atoms with E-state index in [1.807, 2.05) is 18.3 Å². The first-order chi connectivity index (χ1) is 10.1. The number of nitrogens with zero attached hydrogens (tertiary/aromatic N) is 3. The fourth-order valence-electron chi connectivity index (χ4n) is 2.96. The second-order valence-electron chi connectivity index (χ2n) is 6.05. The third-order valence-corrected chi connectivity index (χ3v) is 5.24. The largest absolute Gasteiger partial charge is 0.312 e. The van der Waals surface area contributed by atoms with Gasteiger partial charge in [-0.2, -0.15) is 5.10 Å². The molecule has 0 amide bonds. The molecule has 1 aliphatic carbocycles. The number of aryl methyl sites for hydroxylation is 4. The molecule has 2 aromatic rings. The Bertz CT molecular complexity index is 592. The Morgan fingerprint density at radius 1 is 1.38 bits per heavy atom. The molecule has 1 aliphatic rings. The van der Waals surface area contributed by atoms with Crippen LogP contribution in [0.2, 0.25) is 0 Å². The van der Waals surface area contributed by atoms with E-state index in [0.29, 0.717) is 6.04 Å². The van der Waals surface area contributed by atoms with Crippen LogP contribution in [-0.2, 0) is 25.8 Å². The van der Waals surface area contributed by atoms with Crippen molar-refractivity contribution in [3.63, 3.8) is 0 Å². The highest BCUT2D eigenvalue weighted by atomic mass is 32.1. The third kappa shape index (κ3) is 3.52. The summed E-state index contributed by atoms with van der Waals surface area (Å²) in [6.45, 7) is 8.30. The first-order valence-corrected chi connectivity index (χ1v) is 8.65. The van der Waals surface area contributed by atoms with E-state index < -0.39 is 0 Å². The number of rotatable bonds is 6. The van der Waals surface area contributed by atoms with Crippen molar-refractivity contribution in [1.82, 2.24) is 20.1 Å². The Hall–Kier alpha value is -1.20. The van der Waals surface area contributed by atoms with Crippen molar-refractivity contribution in [2.24, 2.45) is 0 Å². The highest BCUT2D eigenvalue weighted by Crippen LogP contribution is 2.27. The second-order valence-corrected chi connectivity index (χ2v) is 7.21. The molecule has 21 heavy (non-hydrogen) atoms. The predicted octanol–water partition coefficient (Wildman–Crippen LogP) is 2.67. The molecule has 0 spiro atoms. The fraction of sp³-hybridized carbons (Fsp3) is 0.625. The maximum atomic E-state index is 4.75. The van der Waals surface area contributed by atoms with Gasteiger partial charge in [-0.15, -0.1) is 11.3 Å². The van der Waals surface area contributed by atoms with Crippen LogP contribution in [0, 0.1) is 13.8 Å². The molecule has 1 atom stereocenters. The van der Waals surface area contributed by atoms with Crippen LogP contribution < -0.4 is 5.32 Å². The van der Waals surface area contributed by atoms with E-state index in [4.69, 9.17) is 4.98 Å². The van der Waals surface area contributed by atoms with Gasteiger partial charge in [-0.3, -0.25) is 4.68 Å². The van der Waals surface area contributed by atoms with E-state index >= 15 is 0 Å². The minimum Gasteiger partial charge on any atom is -0.312 e. The maximum Gasteiger partial charge on any atom is 0.0943 e. The maximum absolute atomic E-state index is 4.75. The van der Waals surface area contributed by atoms with Gasteiger partial charge in [-0.1, -0.05) is 0 Å². The van der Waals surface area contributed by atoms with E-state index in [1.165, 1.54) is 40.5 Å². The van der Waals surface area contributed by atoms with Crippen molar-refractivity contribution in [2.75, 3.05) is 6.54 Å². The summed E-state index contributed by atoms with van der Waals surface area (Å²) < 4.78 is 2.09. The van der Waals surface area contributed by atoms with Gasteiger partial charge in [-0.25, -0.2) is 4.98 Å². The molecule has 2 heterocycles. The zero-order valence-electron chi connectivity index (χ0n) is 13.1. The van der Waals surface area contributed by atoms with Crippen molar-refractivity contribution < 1.29 is 0 Å². The van der Waals surface area contributed by atoms with Crippen LogP contribution in [0.5, 0.6) is 0 Å². The zero-order valence-corrected chi connectivity index (χ0v) is 14.0. The SMILES string of the molecule is Cc1cc(C)n(CC(C)NCCc2nc3c(s2)CCC3)n1. The Kier molecular flexibility index (Phi) is 4.40. The van der Waals surface area contributed by atoms with Crippen LogP contribution in [0.15, 0.2) is 6.07 Å². The summed E-state index contributed by atoms with van der Waals surface area (Å²) in [5, 5.41) is 9.40. The van der Waals surface area contributed by atoms with Crippen LogP contribution in [-0.4, -0.2) is 27.4 Å². The van der Waals surface area contributed by atoms with E-state index in [9.17, 15) is 0 Å². The normalized spacial score (nSPS) is 15.4. The monoisotopic (exact) mass is 304 g/mol. The molecule has 1 unspecified atom stereocenters. The van der Waals surface area contributed by atoms with Gasteiger partial charge in [0.1, 0.15) is 0 Å². The van der Waals surface area contributed by atoms with Gasteiger partial charge in [0.15, 0.2) is 0 Å². The summed E-state index contributed by atoms with van der Waals surface area (Å²) >= 11 is 1.91. The van der Waals surface area contributed by atoms with Crippen LogP contribution in [0.25, 0.3) is 0 Å². The third-order valence-electron chi connectivity index (χ3n) is 4.02. The second kappa shape index (κ2) is 6.28. The van der Waals surface area contributed by atoms with Crippen LogP contribution >= 0.6 is 11.3 Å². The van der Waals surface area contributed by atoms with Gasteiger partial charge in [0.2, 0.25) is 0 Å². The predicted molar refractivity (Wildman–Crippen MR) is 87.0 cm³/mol. The lowest BCUT2D eigenvalue weighted by atomic mass is 10.3. The first kappa shape index (κ1) is 14.7. The lowest BCUT2D eigenvalue weighted by Gasteiger charge is -2.14. The Morgan fingerprint density at radius 3 is 2.95 bits per heavy atom. The zero-order chi connectivity index (χ0) is 14.8. The molecule has 1 N–H and O–H groups in total. The highest BCUT2D eigenvalue weighted by Gasteiger charge is 2.16. The van der Waals surface area contributed by atoms with Crippen molar-refractivity contribution in [3.05, 3.63) is 33.0 Å². The molecule has 0 saturated heterocycles. The molecular weight excluding hydrogens is 280 g/mol. The molecule has 0 fully saturated rings. The lowest BCUT2D eigenvalue weighted by Crippen LogP contribution is -2.32. The number of hydrogen-bond acceptors (Lipinski definition) is 4. The number of nitrogens with one attached hydrogen (secondary N) is 1. The number of aromatic nitrogens is 3. The van der Waals surface area contributed by atoms with Gasteiger partial charge in [-0.05, 0) is 46.1 Å². The van der Waals surface area contributed by atoms with Gasteiger partial charge in [0, 0.05) is 29.6 Å². The molecule has 0 radical (unpaired) electrons. The number of thiazole rings is 1. The first-order valence-electron chi connectivity index (χ1n) is 7.83. The van der Waals surface area contributed by atoms with Gasteiger partial charge in [0.25, 0.3) is 0 Å². The molecular formula is C16H24N4S. The van der Waals surface area contributed by atoms with Crippen LogP contribution in [0.1, 0.15) is 40.3 Å². The van der Waals surface area contributed by atoms with E-state index in [-0.39, 0.29) is 0 Å². The molecule has 0 aromatic carbocycles. The van der Waals surface area contributed by atoms with Crippen molar-refractivity contribution in [3.8, 4) is 0 Å². The molecule has 0 saturated carbocycles. The fourth-order valence-corrected chi connectivity index (χ4v) is 4.12. The molecule has 3 rings (SSSR count). The molecule has 0 aliphatic heterocycles. The van der Waals surface area contributed by atoms with Gasteiger partial charge < -0.3 is 5.32 Å². The Balaban J connectivity index is 1.45. The number of hydrogen-bond donors (Lipinski definition) is 1. The standard InChI is InChI=1S/C16H24N4S/c1-11-9-13(3)20(19-11)10-12(2)17-8-7-16-18-14-5-4-6-15(14)21-16/h9,12,17H,4-8,10H2,1-3H3. The summed E-state index contributed by atoms with van der Waals surface area (Å²) in [5.41, 5.74) is 3.69. The Morgan fingerprint density at radius 2 is 2.24 bits per heavy atom. The van der Waals surface area contributed by atoms with Crippen molar-refractivity contribution >= 4 is 11.3 Å². The minimum atomic E-state index is 0.426. The average molecular weight is 304 g/mol. The average Bonchev–Trinajstić information content (AvgIpc) is 3.05. The van der Waals surface area contributed by atoms with Crippen molar-refractivity contribution in [2.45, 2.75) is 59.0 Å². The molecule has 114 valence electrons. The van der Waals surface area contributed by atoms with Gasteiger partial charge in [0.05, 0.1) is 22.9 Å².